The number of hydrogen-bond acceptors (Lipinski definition) is 2. The van der Waals surface area contributed by atoms with Gasteiger partial charge in [-0.1, -0.05) is 31.6 Å². The van der Waals surface area contributed by atoms with E-state index >= 15 is 0 Å². The maximum absolute atomic E-state index is 11.5. The molecule has 0 amide bonds. The van der Waals surface area contributed by atoms with E-state index in [9.17, 15) is 9.90 Å². The van der Waals surface area contributed by atoms with E-state index in [1.165, 1.54) is 0 Å². The van der Waals surface area contributed by atoms with Gasteiger partial charge in [-0.2, -0.15) is 0 Å². The van der Waals surface area contributed by atoms with Gasteiger partial charge >= 0.3 is 0 Å². The molecular formula is C15H22O2. The summed E-state index contributed by atoms with van der Waals surface area (Å²) in [5, 5.41) is 10.8. The zero-order chi connectivity index (χ0) is 13.3. The molecule has 0 aliphatic heterocycles. The Bertz CT molecular complexity index is 411. The zero-order valence-corrected chi connectivity index (χ0v) is 11.4. The number of aliphatic hydroxyl groups is 1. The average molecular weight is 234 g/mol. The van der Waals surface area contributed by atoms with Crippen LogP contribution < -0.4 is 0 Å². The molecule has 2 nitrogen and oxygen atoms in total. The van der Waals surface area contributed by atoms with Gasteiger partial charge in [0.05, 0.1) is 0 Å². The Hall–Kier alpha value is -1.15. The first kappa shape index (κ1) is 13.9. The van der Waals surface area contributed by atoms with Gasteiger partial charge in [0.2, 0.25) is 0 Å². The second-order valence-electron chi connectivity index (χ2n) is 5.49. The van der Waals surface area contributed by atoms with Crippen LogP contribution in [0.5, 0.6) is 0 Å². The van der Waals surface area contributed by atoms with Crippen molar-refractivity contribution in [1.82, 2.24) is 0 Å². The van der Waals surface area contributed by atoms with E-state index in [0.717, 1.165) is 11.1 Å². The summed E-state index contributed by atoms with van der Waals surface area (Å²) in [4.78, 5) is 11.5. The lowest BCUT2D eigenvalue weighted by Gasteiger charge is -2.44. The Labute approximate surface area is 104 Å². The minimum absolute atomic E-state index is 0.0910. The smallest absolute Gasteiger partial charge is 0.156 e. The number of hydrogen-bond donors (Lipinski definition) is 1. The molecule has 0 aromatic heterocycles. The first-order valence-electron chi connectivity index (χ1n) is 5.99. The molecule has 0 bridgehead atoms. The van der Waals surface area contributed by atoms with Gasteiger partial charge in [0.25, 0.3) is 0 Å². The summed E-state index contributed by atoms with van der Waals surface area (Å²) in [6.07, 6.45) is 7.63. The molecule has 0 aromatic rings. The van der Waals surface area contributed by atoms with Gasteiger partial charge in [0.15, 0.2) is 5.78 Å². The zero-order valence-electron chi connectivity index (χ0n) is 11.4. The van der Waals surface area contributed by atoms with Crippen LogP contribution in [0.3, 0.4) is 0 Å². The van der Waals surface area contributed by atoms with Crippen molar-refractivity contribution in [3.8, 4) is 0 Å². The molecule has 0 spiro atoms. The van der Waals surface area contributed by atoms with Crippen molar-refractivity contribution in [3.63, 3.8) is 0 Å². The maximum Gasteiger partial charge on any atom is 0.156 e. The van der Waals surface area contributed by atoms with Crippen molar-refractivity contribution in [3.05, 3.63) is 35.5 Å². The first-order chi connectivity index (χ1) is 7.73. The molecule has 2 heteroatoms. The van der Waals surface area contributed by atoms with E-state index in [1.807, 2.05) is 46.8 Å². The fraction of sp³-hybridized carbons (Fsp3) is 0.533. The largest absolute Gasteiger partial charge is 0.381 e. The monoisotopic (exact) mass is 234 g/mol. The Morgan fingerprint density at radius 3 is 2.53 bits per heavy atom. The third-order valence-corrected chi connectivity index (χ3v) is 3.67. The third-order valence-electron chi connectivity index (χ3n) is 3.67. The quantitative estimate of drug-likeness (QED) is 0.745. The van der Waals surface area contributed by atoms with E-state index in [0.29, 0.717) is 6.42 Å². The number of carbonyl (C=O) groups excluding carboxylic acids is 1. The minimum Gasteiger partial charge on any atom is -0.381 e. The predicted octanol–water partition coefficient (Wildman–Crippen LogP) is 3.19. The van der Waals surface area contributed by atoms with Gasteiger partial charge in [0, 0.05) is 11.8 Å². The van der Waals surface area contributed by atoms with E-state index in [1.54, 1.807) is 12.2 Å². The highest BCUT2D eigenvalue weighted by atomic mass is 16.3. The molecule has 0 aromatic carbocycles. The molecule has 1 rings (SSSR count). The Morgan fingerprint density at radius 2 is 2.06 bits per heavy atom. The van der Waals surface area contributed by atoms with Crippen LogP contribution in [0.25, 0.3) is 0 Å². The Kier molecular flexibility index (Phi) is 3.78. The summed E-state index contributed by atoms with van der Waals surface area (Å²) in [5.41, 5.74) is 0.316. The molecule has 94 valence electrons. The molecule has 0 radical (unpaired) electrons. The van der Waals surface area contributed by atoms with E-state index in [4.69, 9.17) is 0 Å². The van der Waals surface area contributed by atoms with Gasteiger partial charge in [0.1, 0.15) is 5.60 Å². The highest BCUT2D eigenvalue weighted by molar-refractivity contribution is 5.92. The number of carbonyl (C=O) groups is 1. The molecule has 0 fully saturated rings. The summed E-state index contributed by atoms with van der Waals surface area (Å²) in [7, 11) is 0. The molecule has 1 aliphatic carbocycles. The van der Waals surface area contributed by atoms with Crippen molar-refractivity contribution in [2.75, 3.05) is 0 Å². The SMILES string of the molecule is C/C=C(C)\C=C\[C@@]1(O)C(C)=CC(=O)CC1(C)C. The summed E-state index contributed by atoms with van der Waals surface area (Å²) in [6, 6.07) is 0. The summed E-state index contributed by atoms with van der Waals surface area (Å²) in [5.74, 6) is 0.0910. The number of allylic oxidation sites excluding steroid dienone is 4. The first-order valence-corrected chi connectivity index (χ1v) is 5.99. The molecule has 1 N–H and O–H groups in total. The van der Waals surface area contributed by atoms with Crippen LogP contribution in [0, 0.1) is 5.41 Å². The van der Waals surface area contributed by atoms with Crippen LogP contribution in [0.4, 0.5) is 0 Å². The fourth-order valence-corrected chi connectivity index (χ4v) is 2.21. The standard InChI is InChI=1S/C15H22O2/c1-6-11(2)7-8-15(17)12(3)9-13(16)10-14(15,4)5/h6-9,17H,10H2,1-5H3/b8-7+,11-6-/t15-/m1/s1. The highest BCUT2D eigenvalue weighted by Gasteiger charge is 2.46. The predicted molar refractivity (Wildman–Crippen MR) is 70.7 cm³/mol. The van der Waals surface area contributed by atoms with Gasteiger partial charge < -0.3 is 5.11 Å². The maximum atomic E-state index is 11.5. The molecule has 0 unspecified atom stereocenters. The molecule has 17 heavy (non-hydrogen) atoms. The molecule has 1 atom stereocenters. The van der Waals surface area contributed by atoms with Crippen molar-refractivity contribution in [2.24, 2.45) is 5.41 Å². The van der Waals surface area contributed by atoms with Gasteiger partial charge in [-0.05, 0) is 38.5 Å². The second kappa shape index (κ2) is 4.61. The molecule has 0 saturated heterocycles. The molecule has 0 heterocycles. The number of ketones is 1. The van der Waals surface area contributed by atoms with Gasteiger partial charge in [-0.3, -0.25) is 4.79 Å². The Balaban J connectivity index is 3.19. The third kappa shape index (κ3) is 2.58. The van der Waals surface area contributed by atoms with Gasteiger partial charge in [-0.15, -0.1) is 0 Å². The van der Waals surface area contributed by atoms with E-state index in [2.05, 4.69) is 0 Å². The van der Waals surface area contributed by atoms with E-state index < -0.39 is 11.0 Å². The Morgan fingerprint density at radius 1 is 1.47 bits per heavy atom. The molecular weight excluding hydrogens is 212 g/mol. The molecule has 1 aliphatic rings. The highest BCUT2D eigenvalue weighted by Crippen LogP contribution is 2.44. The minimum atomic E-state index is -1.04. The summed E-state index contributed by atoms with van der Waals surface area (Å²) >= 11 is 0. The normalized spacial score (nSPS) is 29.6. The van der Waals surface area contributed by atoms with Gasteiger partial charge in [-0.25, -0.2) is 0 Å². The topological polar surface area (TPSA) is 37.3 Å². The lowest BCUT2D eigenvalue weighted by atomic mass is 9.64. The molecule has 0 saturated carbocycles. The lowest BCUT2D eigenvalue weighted by Crippen LogP contribution is -2.48. The van der Waals surface area contributed by atoms with Crippen molar-refractivity contribution in [1.29, 1.82) is 0 Å². The van der Waals surface area contributed by atoms with Crippen molar-refractivity contribution in [2.45, 2.75) is 46.6 Å². The lowest BCUT2D eigenvalue weighted by molar-refractivity contribution is -0.121. The van der Waals surface area contributed by atoms with Crippen molar-refractivity contribution < 1.29 is 9.90 Å². The fourth-order valence-electron chi connectivity index (χ4n) is 2.21. The number of rotatable bonds is 2. The summed E-state index contributed by atoms with van der Waals surface area (Å²) < 4.78 is 0. The van der Waals surface area contributed by atoms with Crippen LogP contribution in [0.15, 0.2) is 35.5 Å². The van der Waals surface area contributed by atoms with Crippen LogP contribution in [0.2, 0.25) is 0 Å². The average Bonchev–Trinajstić information content (AvgIpc) is 2.22. The second-order valence-corrected chi connectivity index (χ2v) is 5.49. The van der Waals surface area contributed by atoms with Crippen LogP contribution in [0.1, 0.15) is 41.0 Å². The van der Waals surface area contributed by atoms with E-state index in [-0.39, 0.29) is 5.78 Å². The van der Waals surface area contributed by atoms with Crippen molar-refractivity contribution >= 4 is 5.78 Å². The van der Waals surface area contributed by atoms with Crippen LogP contribution in [-0.2, 0) is 4.79 Å². The summed E-state index contributed by atoms with van der Waals surface area (Å²) in [6.45, 7) is 9.61. The van der Waals surface area contributed by atoms with Crippen LogP contribution >= 0.6 is 0 Å². The van der Waals surface area contributed by atoms with Crippen LogP contribution in [-0.4, -0.2) is 16.5 Å².